The van der Waals surface area contributed by atoms with Gasteiger partial charge in [-0.15, -0.1) is 10.2 Å². The van der Waals surface area contributed by atoms with Crippen molar-refractivity contribution in [2.45, 2.75) is 26.2 Å². The summed E-state index contributed by atoms with van der Waals surface area (Å²) < 4.78 is 0.778. The van der Waals surface area contributed by atoms with Crippen molar-refractivity contribution in [1.29, 1.82) is 0 Å². The van der Waals surface area contributed by atoms with Gasteiger partial charge in [-0.05, 0) is 33.3 Å². The van der Waals surface area contributed by atoms with Crippen molar-refractivity contribution in [3.8, 4) is 11.4 Å². The lowest BCUT2D eigenvalue weighted by Crippen LogP contribution is -2.13. The summed E-state index contributed by atoms with van der Waals surface area (Å²) in [6.45, 7) is 6.34. The first-order chi connectivity index (χ1) is 7.47. The van der Waals surface area contributed by atoms with E-state index in [-0.39, 0.29) is 5.41 Å². The van der Waals surface area contributed by atoms with E-state index >= 15 is 0 Å². The van der Waals surface area contributed by atoms with E-state index in [2.05, 4.69) is 62.3 Å². The molecule has 0 bridgehead atoms. The van der Waals surface area contributed by atoms with E-state index in [9.17, 15) is 0 Å². The average molecular weight is 282 g/mol. The molecule has 0 saturated heterocycles. The van der Waals surface area contributed by atoms with Gasteiger partial charge in [-0.1, -0.05) is 20.8 Å². The van der Waals surface area contributed by atoms with Crippen molar-refractivity contribution in [1.82, 2.24) is 25.6 Å². The second kappa shape index (κ2) is 3.93. The van der Waals surface area contributed by atoms with Crippen LogP contribution in [0.5, 0.6) is 0 Å². The summed E-state index contributed by atoms with van der Waals surface area (Å²) in [4.78, 5) is 4.45. The Morgan fingerprint density at radius 2 is 2.00 bits per heavy atom. The maximum absolute atomic E-state index is 4.45. The fraction of sp³-hybridized carbons (Fsp3) is 0.400. The average Bonchev–Trinajstić information content (AvgIpc) is 2.68. The van der Waals surface area contributed by atoms with Crippen LogP contribution in [0.2, 0.25) is 0 Å². The third-order valence-electron chi connectivity index (χ3n) is 2.17. The van der Waals surface area contributed by atoms with E-state index in [0.29, 0.717) is 5.82 Å². The summed E-state index contributed by atoms with van der Waals surface area (Å²) in [5, 5.41) is 13.9. The van der Waals surface area contributed by atoms with Gasteiger partial charge in [-0.2, -0.15) is 5.21 Å². The molecule has 0 saturated carbocycles. The molecule has 6 heteroatoms. The molecule has 0 aliphatic rings. The zero-order valence-electron chi connectivity index (χ0n) is 9.32. The first kappa shape index (κ1) is 11.2. The molecule has 84 valence electrons. The Labute approximate surface area is 102 Å². The SMILES string of the molecule is CC(C)(C)c1cc(-c2nn[nH]n2)cc(Br)n1. The van der Waals surface area contributed by atoms with Crippen molar-refractivity contribution in [2.75, 3.05) is 0 Å². The van der Waals surface area contributed by atoms with Crippen LogP contribution in [-0.4, -0.2) is 25.6 Å². The smallest absolute Gasteiger partial charge is 0.204 e. The second-order valence-corrected chi connectivity index (χ2v) is 5.36. The highest BCUT2D eigenvalue weighted by atomic mass is 79.9. The Bertz CT molecular complexity index is 486. The summed E-state index contributed by atoms with van der Waals surface area (Å²) in [7, 11) is 0. The zero-order chi connectivity index (χ0) is 11.8. The van der Waals surface area contributed by atoms with Gasteiger partial charge in [-0.25, -0.2) is 4.98 Å². The largest absolute Gasteiger partial charge is 0.245 e. The Balaban J connectivity index is 2.53. The minimum absolute atomic E-state index is 0.0116. The van der Waals surface area contributed by atoms with Gasteiger partial charge in [0.25, 0.3) is 0 Å². The Hall–Kier alpha value is -1.30. The number of nitrogens with one attached hydrogen (secondary N) is 1. The van der Waals surface area contributed by atoms with Gasteiger partial charge in [0.1, 0.15) is 4.60 Å². The van der Waals surface area contributed by atoms with Crippen LogP contribution in [0.1, 0.15) is 26.5 Å². The fourth-order valence-electron chi connectivity index (χ4n) is 1.29. The van der Waals surface area contributed by atoms with Crippen molar-refractivity contribution >= 4 is 15.9 Å². The van der Waals surface area contributed by atoms with Gasteiger partial charge in [0.2, 0.25) is 5.82 Å². The molecule has 0 aromatic carbocycles. The highest BCUT2D eigenvalue weighted by Crippen LogP contribution is 2.26. The van der Waals surface area contributed by atoms with Crippen LogP contribution in [0.15, 0.2) is 16.7 Å². The summed E-state index contributed by atoms with van der Waals surface area (Å²) in [6.07, 6.45) is 0. The molecule has 2 aromatic rings. The zero-order valence-corrected chi connectivity index (χ0v) is 10.9. The standard InChI is InChI=1S/C10H12BrN5/c1-10(2,3)7-4-6(5-8(11)12-7)9-13-15-16-14-9/h4-5H,1-3H3,(H,13,14,15,16). The Kier molecular flexibility index (Phi) is 2.75. The van der Waals surface area contributed by atoms with Crippen molar-refractivity contribution in [3.63, 3.8) is 0 Å². The minimum atomic E-state index is -0.0116. The van der Waals surface area contributed by atoms with E-state index in [1.807, 2.05) is 12.1 Å². The molecule has 1 N–H and O–H groups in total. The molecule has 5 nitrogen and oxygen atoms in total. The van der Waals surface area contributed by atoms with Gasteiger partial charge in [-0.3, -0.25) is 0 Å². The number of nitrogens with zero attached hydrogens (tertiary/aromatic N) is 4. The highest BCUT2D eigenvalue weighted by Gasteiger charge is 2.18. The summed E-state index contributed by atoms with van der Waals surface area (Å²) in [5.41, 5.74) is 1.88. The minimum Gasteiger partial charge on any atom is -0.245 e. The van der Waals surface area contributed by atoms with Gasteiger partial charge >= 0.3 is 0 Å². The molecular formula is C10H12BrN5. The van der Waals surface area contributed by atoms with E-state index in [1.54, 1.807) is 0 Å². The van der Waals surface area contributed by atoms with E-state index in [0.717, 1.165) is 15.9 Å². The van der Waals surface area contributed by atoms with Crippen LogP contribution in [0, 0.1) is 0 Å². The second-order valence-electron chi connectivity index (χ2n) is 4.55. The van der Waals surface area contributed by atoms with Crippen molar-refractivity contribution in [2.24, 2.45) is 0 Å². The number of rotatable bonds is 1. The molecule has 0 amide bonds. The Morgan fingerprint density at radius 3 is 2.56 bits per heavy atom. The molecular weight excluding hydrogens is 270 g/mol. The van der Waals surface area contributed by atoms with Crippen LogP contribution in [-0.2, 0) is 5.41 Å². The molecule has 0 radical (unpaired) electrons. The maximum Gasteiger partial charge on any atom is 0.204 e. The first-order valence-corrected chi connectivity index (χ1v) is 5.68. The third kappa shape index (κ3) is 2.27. The van der Waals surface area contributed by atoms with E-state index < -0.39 is 0 Å². The molecule has 2 aromatic heterocycles. The third-order valence-corrected chi connectivity index (χ3v) is 2.57. The summed E-state index contributed by atoms with van der Waals surface area (Å²) >= 11 is 3.39. The highest BCUT2D eigenvalue weighted by molar-refractivity contribution is 9.10. The fourth-order valence-corrected chi connectivity index (χ4v) is 1.73. The van der Waals surface area contributed by atoms with Crippen molar-refractivity contribution in [3.05, 3.63) is 22.4 Å². The molecule has 0 spiro atoms. The lowest BCUT2D eigenvalue weighted by Gasteiger charge is -2.18. The molecule has 2 rings (SSSR count). The molecule has 0 fully saturated rings. The number of halogens is 1. The van der Waals surface area contributed by atoms with Crippen LogP contribution in [0.4, 0.5) is 0 Å². The predicted molar refractivity (Wildman–Crippen MR) is 63.8 cm³/mol. The van der Waals surface area contributed by atoms with Crippen molar-refractivity contribution < 1.29 is 0 Å². The monoisotopic (exact) mass is 281 g/mol. The van der Waals surface area contributed by atoms with E-state index in [1.165, 1.54) is 0 Å². The van der Waals surface area contributed by atoms with Crippen LogP contribution in [0.3, 0.4) is 0 Å². The van der Waals surface area contributed by atoms with Gasteiger partial charge < -0.3 is 0 Å². The van der Waals surface area contributed by atoms with Crippen LogP contribution in [0.25, 0.3) is 11.4 Å². The normalized spacial score (nSPS) is 11.8. The lowest BCUT2D eigenvalue weighted by atomic mass is 9.91. The predicted octanol–water partition coefficient (Wildman–Crippen LogP) is 2.32. The topological polar surface area (TPSA) is 67.3 Å². The molecule has 0 aliphatic heterocycles. The molecule has 16 heavy (non-hydrogen) atoms. The van der Waals surface area contributed by atoms with Gasteiger partial charge in [0.15, 0.2) is 0 Å². The number of tetrazole rings is 1. The number of aromatic amines is 1. The molecule has 0 unspecified atom stereocenters. The lowest BCUT2D eigenvalue weighted by molar-refractivity contribution is 0.568. The summed E-state index contributed by atoms with van der Waals surface area (Å²) in [6, 6.07) is 3.86. The Morgan fingerprint density at radius 1 is 1.25 bits per heavy atom. The molecule has 0 aliphatic carbocycles. The van der Waals surface area contributed by atoms with Crippen LogP contribution < -0.4 is 0 Å². The maximum atomic E-state index is 4.45. The summed E-state index contributed by atoms with van der Waals surface area (Å²) in [5.74, 6) is 0.577. The van der Waals surface area contributed by atoms with E-state index in [4.69, 9.17) is 0 Å². The number of hydrogen-bond acceptors (Lipinski definition) is 4. The van der Waals surface area contributed by atoms with Crippen LogP contribution >= 0.6 is 15.9 Å². The number of aromatic nitrogens is 5. The van der Waals surface area contributed by atoms with Gasteiger partial charge in [0.05, 0.1) is 0 Å². The number of H-pyrrole nitrogens is 1. The number of pyridine rings is 1. The number of hydrogen-bond donors (Lipinski definition) is 1. The first-order valence-electron chi connectivity index (χ1n) is 4.89. The quantitative estimate of drug-likeness (QED) is 0.815. The molecule has 2 heterocycles. The van der Waals surface area contributed by atoms with Gasteiger partial charge in [0, 0.05) is 16.7 Å². The molecule has 0 atom stereocenters.